The average Bonchev–Trinajstić information content (AvgIpc) is 2.45. The summed E-state index contributed by atoms with van der Waals surface area (Å²) < 4.78 is 0. The maximum absolute atomic E-state index is 11.8. The molecule has 0 aromatic heterocycles. The Morgan fingerprint density at radius 1 is 1.07 bits per heavy atom. The van der Waals surface area contributed by atoms with Crippen LogP contribution in [0.3, 0.4) is 0 Å². The molecule has 2 aliphatic carbocycles. The zero-order valence-corrected chi connectivity index (χ0v) is 8.34. The highest BCUT2D eigenvalue weighted by Gasteiger charge is 2.55. The second-order valence-electron chi connectivity index (χ2n) is 4.54. The molecule has 14 heavy (non-hydrogen) atoms. The molecule has 1 spiro atoms. The standard InChI is InChI=1S/C11H14O3/c1-7-5-9(13)11(10(14)6-7)4-2-3-8(11)12/h7H,2-6H2,1H3. The van der Waals surface area contributed by atoms with Gasteiger partial charge in [-0.25, -0.2) is 0 Å². The van der Waals surface area contributed by atoms with E-state index >= 15 is 0 Å². The predicted octanol–water partition coefficient (Wildman–Crippen LogP) is 1.29. The molecule has 3 heteroatoms. The van der Waals surface area contributed by atoms with E-state index in [1.165, 1.54) is 0 Å². The molecule has 0 aromatic rings. The molecule has 2 saturated carbocycles. The maximum atomic E-state index is 11.8. The highest BCUT2D eigenvalue weighted by atomic mass is 16.2. The molecule has 2 rings (SSSR count). The van der Waals surface area contributed by atoms with Crippen LogP contribution in [0.5, 0.6) is 0 Å². The summed E-state index contributed by atoms with van der Waals surface area (Å²) in [5, 5.41) is 0. The quantitative estimate of drug-likeness (QED) is 0.546. The third-order valence-electron chi connectivity index (χ3n) is 3.45. The van der Waals surface area contributed by atoms with Gasteiger partial charge in [0.05, 0.1) is 0 Å². The lowest BCUT2D eigenvalue weighted by Crippen LogP contribution is -2.47. The Bertz CT molecular complexity index is 298. The summed E-state index contributed by atoms with van der Waals surface area (Å²) in [5.41, 5.74) is -1.19. The lowest BCUT2D eigenvalue weighted by atomic mass is 9.67. The van der Waals surface area contributed by atoms with Gasteiger partial charge in [0.15, 0.2) is 17.3 Å². The van der Waals surface area contributed by atoms with Crippen molar-refractivity contribution in [2.24, 2.45) is 11.3 Å². The Morgan fingerprint density at radius 3 is 2.07 bits per heavy atom. The number of carbonyl (C=O) groups excluding carboxylic acids is 3. The molecule has 0 bridgehead atoms. The molecule has 0 unspecified atom stereocenters. The van der Waals surface area contributed by atoms with E-state index in [9.17, 15) is 14.4 Å². The van der Waals surface area contributed by atoms with Gasteiger partial charge >= 0.3 is 0 Å². The zero-order valence-electron chi connectivity index (χ0n) is 8.34. The van der Waals surface area contributed by atoms with E-state index in [0.29, 0.717) is 32.1 Å². The summed E-state index contributed by atoms with van der Waals surface area (Å²) in [6.45, 7) is 1.89. The number of carbonyl (C=O) groups is 3. The maximum Gasteiger partial charge on any atom is 0.154 e. The summed E-state index contributed by atoms with van der Waals surface area (Å²) in [5.74, 6) is -0.249. The van der Waals surface area contributed by atoms with E-state index in [2.05, 4.69) is 0 Å². The van der Waals surface area contributed by atoms with Gasteiger partial charge in [-0.05, 0) is 18.8 Å². The largest absolute Gasteiger partial charge is 0.298 e. The van der Waals surface area contributed by atoms with Crippen LogP contribution in [0.1, 0.15) is 39.0 Å². The van der Waals surface area contributed by atoms with Gasteiger partial charge in [-0.2, -0.15) is 0 Å². The number of hydrogen-bond donors (Lipinski definition) is 0. The Kier molecular flexibility index (Phi) is 2.05. The van der Waals surface area contributed by atoms with E-state index < -0.39 is 5.41 Å². The average molecular weight is 194 g/mol. The normalized spacial score (nSPS) is 38.4. The molecule has 0 aromatic carbocycles. The highest BCUT2D eigenvalue weighted by Crippen LogP contribution is 2.43. The first-order valence-electron chi connectivity index (χ1n) is 5.17. The first-order chi connectivity index (χ1) is 6.57. The van der Waals surface area contributed by atoms with E-state index in [1.54, 1.807) is 0 Å². The van der Waals surface area contributed by atoms with Crippen LogP contribution in [0.2, 0.25) is 0 Å². The number of Topliss-reactive ketones (excluding diaryl/α,β-unsaturated/α-hetero) is 3. The van der Waals surface area contributed by atoms with Gasteiger partial charge in [-0.15, -0.1) is 0 Å². The van der Waals surface area contributed by atoms with Gasteiger partial charge in [-0.3, -0.25) is 14.4 Å². The van der Waals surface area contributed by atoms with Gasteiger partial charge in [0.25, 0.3) is 0 Å². The fourth-order valence-electron chi connectivity index (χ4n) is 2.67. The van der Waals surface area contributed by atoms with Crippen LogP contribution in [0.15, 0.2) is 0 Å². The van der Waals surface area contributed by atoms with Crippen molar-refractivity contribution in [3.05, 3.63) is 0 Å². The molecule has 0 amide bonds. The minimum atomic E-state index is -1.19. The van der Waals surface area contributed by atoms with Crippen LogP contribution in [0, 0.1) is 11.3 Å². The van der Waals surface area contributed by atoms with E-state index in [1.807, 2.05) is 6.92 Å². The number of ketones is 3. The van der Waals surface area contributed by atoms with Crippen molar-refractivity contribution >= 4 is 17.3 Å². The van der Waals surface area contributed by atoms with Gasteiger partial charge < -0.3 is 0 Å². The van der Waals surface area contributed by atoms with Crippen molar-refractivity contribution in [3.8, 4) is 0 Å². The molecular formula is C11H14O3. The van der Waals surface area contributed by atoms with Crippen molar-refractivity contribution in [1.29, 1.82) is 0 Å². The van der Waals surface area contributed by atoms with Gasteiger partial charge in [-0.1, -0.05) is 6.92 Å². The molecule has 76 valence electrons. The van der Waals surface area contributed by atoms with Crippen molar-refractivity contribution < 1.29 is 14.4 Å². The minimum absolute atomic E-state index is 0.119. The van der Waals surface area contributed by atoms with E-state index in [0.717, 1.165) is 0 Å². The van der Waals surface area contributed by atoms with Crippen LogP contribution >= 0.6 is 0 Å². The summed E-state index contributed by atoms with van der Waals surface area (Å²) in [6.07, 6.45) is 2.38. The third-order valence-corrected chi connectivity index (χ3v) is 3.45. The smallest absolute Gasteiger partial charge is 0.154 e. The monoisotopic (exact) mass is 194 g/mol. The lowest BCUT2D eigenvalue weighted by Gasteiger charge is -2.31. The van der Waals surface area contributed by atoms with Crippen molar-refractivity contribution in [2.75, 3.05) is 0 Å². The summed E-state index contributed by atoms with van der Waals surface area (Å²) in [4.78, 5) is 35.3. The topological polar surface area (TPSA) is 51.2 Å². The second kappa shape index (κ2) is 3.01. The van der Waals surface area contributed by atoms with Crippen LogP contribution in [-0.2, 0) is 14.4 Å². The molecule has 0 saturated heterocycles. The summed E-state index contributed by atoms with van der Waals surface area (Å²) >= 11 is 0. The van der Waals surface area contributed by atoms with Gasteiger partial charge in [0.1, 0.15) is 5.41 Å². The molecule has 2 aliphatic rings. The summed E-state index contributed by atoms with van der Waals surface area (Å²) in [7, 11) is 0. The zero-order chi connectivity index (χ0) is 10.3. The highest BCUT2D eigenvalue weighted by molar-refractivity contribution is 6.26. The predicted molar refractivity (Wildman–Crippen MR) is 49.7 cm³/mol. The van der Waals surface area contributed by atoms with Crippen LogP contribution < -0.4 is 0 Å². The van der Waals surface area contributed by atoms with Crippen LogP contribution in [0.25, 0.3) is 0 Å². The first-order valence-corrected chi connectivity index (χ1v) is 5.17. The minimum Gasteiger partial charge on any atom is -0.298 e. The molecule has 0 atom stereocenters. The fraction of sp³-hybridized carbons (Fsp3) is 0.727. The molecule has 2 fully saturated rings. The van der Waals surface area contributed by atoms with Crippen molar-refractivity contribution in [3.63, 3.8) is 0 Å². The van der Waals surface area contributed by atoms with Gasteiger partial charge in [0.2, 0.25) is 0 Å². The first kappa shape index (κ1) is 9.56. The Labute approximate surface area is 82.9 Å². The SMILES string of the molecule is CC1CC(=O)C2(CCCC2=O)C(=O)C1. The Hall–Kier alpha value is -0.990. The molecule has 0 aliphatic heterocycles. The van der Waals surface area contributed by atoms with Crippen LogP contribution in [-0.4, -0.2) is 17.3 Å². The lowest BCUT2D eigenvalue weighted by molar-refractivity contribution is -0.150. The molecule has 0 heterocycles. The molecule has 3 nitrogen and oxygen atoms in total. The van der Waals surface area contributed by atoms with E-state index in [4.69, 9.17) is 0 Å². The molecule has 0 radical (unpaired) electrons. The third kappa shape index (κ3) is 1.08. The molecule has 0 N–H and O–H groups in total. The summed E-state index contributed by atoms with van der Waals surface area (Å²) in [6, 6.07) is 0. The number of rotatable bonds is 0. The Morgan fingerprint density at radius 2 is 1.64 bits per heavy atom. The van der Waals surface area contributed by atoms with Crippen LogP contribution in [0.4, 0.5) is 0 Å². The molecular weight excluding hydrogens is 180 g/mol. The number of hydrogen-bond acceptors (Lipinski definition) is 3. The van der Waals surface area contributed by atoms with Gasteiger partial charge in [0, 0.05) is 19.3 Å². The second-order valence-corrected chi connectivity index (χ2v) is 4.54. The fourth-order valence-corrected chi connectivity index (χ4v) is 2.67. The Balaban J connectivity index is 2.37. The van der Waals surface area contributed by atoms with Crippen molar-refractivity contribution in [2.45, 2.75) is 39.0 Å². The van der Waals surface area contributed by atoms with E-state index in [-0.39, 0.29) is 23.3 Å². The van der Waals surface area contributed by atoms with Crippen molar-refractivity contribution in [1.82, 2.24) is 0 Å².